The molecule has 2 rings (SSSR count). The van der Waals surface area contributed by atoms with Crippen LogP contribution in [0.1, 0.15) is 37.8 Å². The van der Waals surface area contributed by atoms with Crippen LogP contribution in [-0.2, 0) is 0 Å². The van der Waals surface area contributed by atoms with E-state index in [2.05, 4.69) is 35.7 Å². The van der Waals surface area contributed by atoms with Gasteiger partial charge in [0.25, 0.3) is 0 Å². The van der Waals surface area contributed by atoms with Crippen LogP contribution in [0.25, 0.3) is 0 Å². The fourth-order valence-corrected chi connectivity index (χ4v) is 2.40. The van der Waals surface area contributed by atoms with Crippen molar-refractivity contribution in [2.75, 3.05) is 18.0 Å². The summed E-state index contributed by atoms with van der Waals surface area (Å²) in [5.41, 5.74) is 9.80. The average molecular weight is 230 g/mol. The van der Waals surface area contributed by atoms with E-state index in [-0.39, 0.29) is 6.04 Å². The van der Waals surface area contributed by atoms with Gasteiger partial charge >= 0.3 is 0 Å². The number of benzene rings is 1. The number of rotatable bonds is 4. The van der Waals surface area contributed by atoms with Gasteiger partial charge in [-0.1, -0.05) is 17.7 Å². The number of hydrogen-bond donors (Lipinski definition) is 1. The third kappa shape index (κ3) is 3.10. The minimum Gasteiger partial charge on any atom is -0.372 e. The van der Waals surface area contributed by atoms with Crippen molar-refractivity contribution >= 4 is 5.69 Å². The molecule has 92 valence electrons. The fraction of sp³-hybridized carbons (Fsp3) is 0.467. The van der Waals surface area contributed by atoms with Gasteiger partial charge in [-0.3, -0.25) is 0 Å². The summed E-state index contributed by atoms with van der Waals surface area (Å²) < 4.78 is 0. The standard InChI is InChI=1S/C15H22N2/c1-12(2)11-15(16)13-5-7-14(8-6-13)17-9-3-4-10-17/h5-8,15H,1,3-4,9-11,16H2,2H3/t15-/m1/s1. The highest BCUT2D eigenvalue weighted by Crippen LogP contribution is 2.24. The molecule has 0 radical (unpaired) electrons. The molecule has 1 atom stereocenters. The van der Waals surface area contributed by atoms with Gasteiger partial charge < -0.3 is 10.6 Å². The molecule has 1 aromatic carbocycles. The van der Waals surface area contributed by atoms with E-state index in [0.717, 1.165) is 12.0 Å². The van der Waals surface area contributed by atoms with E-state index >= 15 is 0 Å². The summed E-state index contributed by atoms with van der Waals surface area (Å²) in [5.74, 6) is 0. The van der Waals surface area contributed by atoms with Crippen molar-refractivity contribution in [3.63, 3.8) is 0 Å². The van der Waals surface area contributed by atoms with Crippen molar-refractivity contribution in [1.82, 2.24) is 0 Å². The van der Waals surface area contributed by atoms with Crippen LogP contribution in [0, 0.1) is 0 Å². The van der Waals surface area contributed by atoms with Crippen LogP contribution < -0.4 is 10.6 Å². The van der Waals surface area contributed by atoms with E-state index in [0.29, 0.717) is 0 Å². The van der Waals surface area contributed by atoms with Gasteiger partial charge in [-0.2, -0.15) is 0 Å². The van der Waals surface area contributed by atoms with Crippen LogP contribution in [0.2, 0.25) is 0 Å². The van der Waals surface area contributed by atoms with Crippen molar-refractivity contribution in [3.05, 3.63) is 42.0 Å². The molecule has 1 fully saturated rings. The smallest absolute Gasteiger partial charge is 0.0366 e. The molecule has 1 saturated heterocycles. The predicted molar refractivity (Wildman–Crippen MR) is 74.2 cm³/mol. The van der Waals surface area contributed by atoms with Gasteiger partial charge in [0.1, 0.15) is 0 Å². The van der Waals surface area contributed by atoms with E-state index in [1.807, 2.05) is 6.92 Å². The lowest BCUT2D eigenvalue weighted by Crippen LogP contribution is -2.17. The van der Waals surface area contributed by atoms with Gasteiger partial charge in [-0.05, 0) is 43.9 Å². The summed E-state index contributed by atoms with van der Waals surface area (Å²) in [5, 5.41) is 0. The maximum absolute atomic E-state index is 6.13. The Morgan fingerprint density at radius 2 is 1.88 bits per heavy atom. The molecule has 1 heterocycles. The zero-order chi connectivity index (χ0) is 12.3. The average Bonchev–Trinajstić information content (AvgIpc) is 2.82. The van der Waals surface area contributed by atoms with Crippen molar-refractivity contribution in [3.8, 4) is 0 Å². The minimum absolute atomic E-state index is 0.0835. The summed E-state index contributed by atoms with van der Waals surface area (Å²) in [7, 11) is 0. The van der Waals surface area contributed by atoms with Crippen LogP contribution in [0.15, 0.2) is 36.4 Å². The minimum atomic E-state index is 0.0835. The molecule has 1 aliphatic rings. The van der Waals surface area contributed by atoms with E-state index in [9.17, 15) is 0 Å². The molecular formula is C15H22N2. The van der Waals surface area contributed by atoms with E-state index in [4.69, 9.17) is 5.73 Å². The molecular weight excluding hydrogens is 208 g/mol. The molecule has 2 nitrogen and oxygen atoms in total. The first-order valence-electron chi connectivity index (χ1n) is 6.41. The molecule has 2 N–H and O–H groups in total. The third-order valence-corrected chi connectivity index (χ3v) is 3.36. The second-order valence-electron chi connectivity index (χ2n) is 5.05. The van der Waals surface area contributed by atoms with Gasteiger partial charge in [-0.25, -0.2) is 0 Å². The second-order valence-corrected chi connectivity index (χ2v) is 5.05. The Morgan fingerprint density at radius 3 is 2.41 bits per heavy atom. The number of hydrogen-bond acceptors (Lipinski definition) is 2. The molecule has 0 aliphatic carbocycles. The molecule has 17 heavy (non-hydrogen) atoms. The Hall–Kier alpha value is -1.28. The van der Waals surface area contributed by atoms with Crippen molar-refractivity contribution < 1.29 is 0 Å². The fourth-order valence-electron chi connectivity index (χ4n) is 2.40. The Balaban J connectivity index is 2.04. The highest BCUT2D eigenvalue weighted by Gasteiger charge is 2.12. The maximum Gasteiger partial charge on any atom is 0.0366 e. The Bertz CT molecular complexity index is 374. The summed E-state index contributed by atoms with van der Waals surface area (Å²) in [4.78, 5) is 2.44. The topological polar surface area (TPSA) is 29.3 Å². The van der Waals surface area contributed by atoms with E-state index in [1.165, 1.54) is 37.2 Å². The number of anilines is 1. The first kappa shape index (κ1) is 12.2. The molecule has 0 bridgehead atoms. The normalized spacial score (nSPS) is 17.2. The lowest BCUT2D eigenvalue weighted by Gasteiger charge is -2.19. The first-order valence-corrected chi connectivity index (χ1v) is 6.41. The summed E-state index contributed by atoms with van der Waals surface area (Å²) >= 11 is 0. The Labute approximate surface area is 104 Å². The summed E-state index contributed by atoms with van der Waals surface area (Å²) in [6.45, 7) is 8.32. The van der Waals surface area contributed by atoms with Crippen LogP contribution in [0.3, 0.4) is 0 Å². The summed E-state index contributed by atoms with van der Waals surface area (Å²) in [6.07, 6.45) is 3.50. The van der Waals surface area contributed by atoms with Crippen LogP contribution in [-0.4, -0.2) is 13.1 Å². The van der Waals surface area contributed by atoms with Gasteiger partial charge in [-0.15, -0.1) is 6.58 Å². The Kier molecular flexibility index (Phi) is 3.85. The van der Waals surface area contributed by atoms with Crippen LogP contribution >= 0.6 is 0 Å². The maximum atomic E-state index is 6.13. The van der Waals surface area contributed by atoms with Gasteiger partial charge in [0.2, 0.25) is 0 Å². The molecule has 0 spiro atoms. The molecule has 0 unspecified atom stereocenters. The highest BCUT2D eigenvalue weighted by molar-refractivity contribution is 5.48. The lowest BCUT2D eigenvalue weighted by atomic mass is 10.0. The predicted octanol–water partition coefficient (Wildman–Crippen LogP) is 3.25. The van der Waals surface area contributed by atoms with Crippen LogP contribution in [0.5, 0.6) is 0 Å². The quantitative estimate of drug-likeness (QED) is 0.804. The van der Waals surface area contributed by atoms with E-state index < -0.39 is 0 Å². The highest BCUT2D eigenvalue weighted by atomic mass is 15.1. The largest absolute Gasteiger partial charge is 0.372 e. The number of nitrogens with two attached hydrogens (primary N) is 1. The van der Waals surface area contributed by atoms with Crippen molar-refractivity contribution in [2.24, 2.45) is 5.73 Å². The monoisotopic (exact) mass is 230 g/mol. The van der Waals surface area contributed by atoms with Gasteiger partial charge in [0.05, 0.1) is 0 Å². The van der Waals surface area contributed by atoms with Crippen molar-refractivity contribution in [1.29, 1.82) is 0 Å². The molecule has 1 aliphatic heterocycles. The molecule has 0 amide bonds. The second kappa shape index (κ2) is 5.37. The molecule has 0 aromatic heterocycles. The summed E-state index contributed by atoms with van der Waals surface area (Å²) in [6, 6.07) is 8.78. The zero-order valence-corrected chi connectivity index (χ0v) is 10.7. The van der Waals surface area contributed by atoms with Crippen molar-refractivity contribution in [2.45, 2.75) is 32.2 Å². The molecule has 0 saturated carbocycles. The van der Waals surface area contributed by atoms with Gasteiger partial charge in [0, 0.05) is 24.8 Å². The molecule has 1 aromatic rings. The SMILES string of the molecule is C=C(C)C[C@@H](N)c1ccc(N2CCCC2)cc1. The lowest BCUT2D eigenvalue weighted by molar-refractivity contribution is 0.717. The third-order valence-electron chi connectivity index (χ3n) is 3.36. The zero-order valence-electron chi connectivity index (χ0n) is 10.7. The Morgan fingerprint density at radius 1 is 1.29 bits per heavy atom. The van der Waals surface area contributed by atoms with E-state index in [1.54, 1.807) is 0 Å². The van der Waals surface area contributed by atoms with Crippen LogP contribution in [0.4, 0.5) is 5.69 Å². The number of nitrogens with zero attached hydrogens (tertiary/aromatic N) is 1. The van der Waals surface area contributed by atoms with Gasteiger partial charge in [0.15, 0.2) is 0 Å². The first-order chi connectivity index (χ1) is 8.16. The molecule has 2 heteroatoms.